The predicted octanol–water partition coefficient (Wildman–Crippen LogP) is 3.33. The van der Waals surface area contributed by atoms with Crippen molar-refractivity contribution in [3.63, 3.8) is 0 Å². The number of hydrogen-bond acceptors (Lipinski definition) is 1. The van der Waals surface area contributed by atoms with Gasteiger partial charge in [-0.1, -0.05) is 12.2 Å². The molecule has 0 unspecified atom stereocenters. The Hall–Kier alpha value is 0.713. The second-order valence-electron chi connectivity index (χ2n) is 0.0913. The summed E-state index contributed by atoms with van der Waals surface area (Å²) in [7, 11) is 0. The summed E-state index contributed by atoms with van der Waals surface area (Å²) in [5.41, 5.74) is 0. The van der Waals surface area contributed by atoms with E-state index in [-0.39, 0.29) is 69.0 Å². The molecule has 0 saturated carbocycles. The van der Waals surface area contributed by atoms with Crippen molar-refractivity contribution in [3.8, 4) is 0 Å². The summed E-state index contributed by atoms with van der Waals surface area (Å²) in [6.07, 6.45) is 0. The van der Waals surface area contributed by atoms with E-state index in [0.717, 1.165) is 0 Å². The monoisotopic (exact) mass is 271 g/mol. The largest absolute Gasteiger partial charge is 6.00 e. The Bertz CT molecular complexity index is 38.7. The van der Waals surface area contributed by atoms with Crippen molar-refractivity contribution in [2.24, 2.45) is 0 Å². The summed E-state index contributed by atoms with van der Waals surface area (Å²) in [6.45, 7) is 0. The van der Waals surface area contributed by atoms with Crippen LogP contribution in [0.1, 0.15) is 0 Å². The minimum atomic E-state index is 0. The van der Waals surface area contributed by atoms with Crippen LogP contribution in [0.25, 0.3) is 5.41 Å². The number of halogens is 1. The fraction of sp³-hybridized carbons (Fsp3) is 0. The smallest absolute Gasteiger partial charge is 0.753 e. The molecule has 0 aliphatic rings. The van der Waals surface area contributed by atoms with Crippen LogP contribution in [0.2, 0.25) is 0 Å². The summed E-state index contributed by atoms with van der Waals surface area (Å²) in [5, 5.41) is 8.47. The Morgan fingerprint density at radius 2 is 0.900 bits per heavy atom. The third kappa shape index (κ3) is 1020. The molecule has 1 nitrogen and oxygen atoms in total. The molecule has 0 amide bonds. The third-order valence-electron chi connectivity index (χ3n) is 0. The van der Waals surface area contributed by atoms with Crippen LogP contribution in [0.5, 0.6) is 0 Å². The number of hydrogen-bond donors (Lipinski definition) is 0. The van der Waals surface area contributed by atoms with E-state index in [1.54, 1.807) is 0 Å². The fourth-order valence-corrected chi connectivity index (χ4v) is 0. The molecule has 0 aromatic heterocycles. The molecule has 0 radical (unpaired) electrons. The van der Waals surface area contributed by atoms with E-state index in [0.29, 0.717) is 0 Å². The Labute approximate surface area is 91.7 Å². The molecule has 0 spiro atoms. The van der Waals surface area contributed by atoms with Gasteiger partial charge in [-0.3, -0.25) is 0 Å². The second kappa shape index (κ2) is 251. The summed E-state index contributed by atoms with van der Waals surface area (Å²) in [6, 6.07) is 0. The maximum absolute atomic E-state index is 7.13. The molecule has 0 aliphatic heterocycles. The van der Waals surface area contributed by atoms with Crippen LogP contribution in [0.4, 0.5) is 0 Å². The predicted molar refractivity (Wildman–Crippen MR) is 55.3 cm³/mol. The number of thiocarbonyl (C=S) groups is 1. The normalized spacial score (nSPS) is 0.800. The standard InChI is InChI=1S/CNS.5CH3.ClH.Ru/c2-1-3;;;;;;;/h;5*1H3;1H;/q6*-1;;+6. The maximum atomic E-state index is 7.13. The SMILES string of the molecule is Cl.[CH3-].[CH3-].[CH3-].[CH3-].[CH3-].[N-]=C=S.[Ru+6]. The van der Waals surface area contributed by atoms with E-state index >= 15 is 0 Å². The van der Waals surface area contributed by atoms with Crippen molar-refractivity contribution in [1.82, 2.24) is 0 Å². The minimum absolute atomic E-state index is 0. The van der Waals surface area contributed by atoms with Gasteiger partial charge in [-0.15, -0.1) is 12.4 Å². The molecule has 10 heavy (non-hydrogen) atoms. The van der Waals surface area contributed by atoms with Crippen LogP contribution >= 0.6 is 24.6 Å². The Balaban J connectivity index is -0.000000000952. The molecular formula is C6H16ClNRuS. The molecule has 0 atom stereocenters. The van der Waals surface area contributed by atoms with E-state index in [4.69, 9.17) is 5.41 Å². The zero-order chi connectivity index (χ0) is 2.71. The molecule has 0 aromatic carbocycles. The van der Waals surface area contributed by atoms with Gasteiger partial charge < -0.3 is 42.5 Å². The first-order valence-electron chi connectivity index (χ1n) is 0.428. The average Bonchev–Trinajstić information content (AvgIpc) is 0.918. The van der Waals surface area contributed by atoms with Gasteiger partial charge in [0.05, 0.1) is 0 Å². The zero-order valence-electron chi connectivity index (χ0n) is 7.12. The van der Waals surface area contributed by atoms with Crippen molar-refractivity contribution in [2.75, 3.05) is 0 Å². The topological polar surface area (TPSA) is 22.3 Å². The van der Waals surface area contributed by atoms with Gasteiger partial charge in [0.15, 0.2) is 0 Å². The van der Waals surface area contributed by atoms with E-state index in [1.807, 2.05) is 0 Å². The zero-order valence-corrected chi connectivity index (χ0v) is 10.5. The summed E-state index contributed by atoms with van der Waals surface area (Å²) in [4.78, 5) is 0. The molecule has 66 valence electrons. The van der Waals surface area contributed by atoms with Gasteiger partial charge in [0.1, 0.15) is 0 Å². The number of rotatable bonds is 0. The fourth-order valence-electron chi connectivity index (χ4n) is 0. The van der Waals surface area contributed by atoms with Crippen LogP contribution in [-0.4, -0.2) is 5.16 Å². The van der Waals surface area contributed by atoms with Gasteiger partial charge in [-0.25, -0.2) is 0 Å². The van der Waals surface area contributed by atoms with Gasteiger partial charge >= 0.3 is 19.5 Å². The van der Waals surface area contributed by atoms with Crippen molar-refractivity contribution < 1.29 is 19.5 Å². The summed E-state index contributed by atoms with van der Waals surface area (Å²) >= 11 is 3.70. The first kappa shape index (κ1) is 137. The van der Waals surface area contributed by atoms with Gasteiger partial charge in [0.2, 0.25) is 0 Å². The first-order chi connectivity index (χ1) is 1.41. The Morgan fingerprint density at radius 3 is 0.900 bits per heavy atom. The number of isothiocyanates is 1. The molecular weight excluding hydrogens is 255 g/mol. The Morgan fingerprint density at radius 1 is 0.900 bits per heavy atom. The molecule has 0 rings (SSSR count). The molecule has 0 saturated heterocycles. The Kier molecular flexibility index (Phi) is 3450. The summed E-state index contributed by atoms with van der Waals surface area (Å²) in [5.74, 6) is 0. The van der Waals surface area contributed by atoms with Gasteiger partial charge in [-0.2, -0.15) is 5.16 Å². The van der Waals surface area contributed by atoms with Crippen LogP contribution in [-0.2, 0) is 19.5 Å². The first-order valence-corrected chi connectivity index (χ1v) is 0.836. The molecule has 0 aliphatic carbocycles. The van der Waals surface area contributed by atoms with E-state index in [1.165, 1.54) is 5.16 Å². The molecule has 4 heteroatoms. The molecule has 0 aromatic rings. The third-order valence-corrected chi connectivity index (χ3v) is 0. The van der Waals surface area contributed by atoms with Gasteiger partial charge in [-0.05, 0) is 0 Å². The van der Waals surface area contributed by atoms with Crippen molar-refractivity contribution in [1.29, 1.82) is 0 Å². The molecule has 0 heterocycles. The average molecular weight is 271 g/mol. The van der Waals surface area contributed by atoms with Gasteiger partial charge in [0, 0.05) is 0 Å². The van der Waals surface area contributed by atoms with E-state index in [9.17, 15) is 0 Å². The van der Waals surface area contributed by atoms with Crippen molar-refractivity contribution in [3.05, 3.63) is 42.5 Å². The van der Waals surface area contributed by atoms with Crippen LogP contribution < -0.4 is 0 Å². The number of nitrogens with zero attached hydrogens (tertiary/aromatic N) is 1. The van der Waals surface area contributed by atoms with Crippen LogP contribution in [0, 0.1) is 37.1 Å². The van der Waals surface area contributed by atoms with Crippen LogP contribution in [0.3, 0.4) is 0 Å². The van der Waals surface area contributed by atoms with Crippen LogP contribution in [0.15, 0.2) is 0 Å². The minimum Gasteiger partial charge on any atom is -0.753 e. The molecule has 0 fully saturated rings. The van der Waals surface area contributed by atoms with E-state index < -0.39 is 0 Å². The molecule has 0 N–H and O–H groups in total. The van der Waals surface area contributed by atoms with Crippen molar-refractivity contribution in [2.45, 2.75) is 0 Å². The quantitative estimate of drug-likeness (QED) is 0.286. The molecule has 0 bridgehead atoms. The second-order valence-corrected chi connectivity index (χ2v) is 0.274. The summed E-state index contributed by atoms with van der Waals surface area (Å²) < 4.78 is 0. The van der Waals surface area contributed by atoms with Gasteiger partial charge in [0.25, 0.3) is 0 Å². The van der Waals surface area contributed by atoms with E-state index in [2.05, 4.69) is 12.2 Å². The van der Waals surface area contributed by atoms with Crippen molar-refractivity contribution >= 4 is 29.8 Å². The maximum Gasteiger partial charge on any atom is 6.00 e.